The van der Waals surface area contributed by atoms with E-state index < -0.39 is 0 Å². The Hall–Kier alpha value is -1.82. The number of amides is 1. The van der Waals surface area contributed by atoms with Crippen molar-refractivity contribution in [1.82, 2.24) is 9.78 Å². The normalized spacial score (nSPS) is 14.8. The minimum atomic E-state index is 0.0155. The fourth-order valence-corrected chi connectivity index (χ4v) is 3.77. The van der Waals surface area contributed by atoms with Gasteiger partial charge in [-0.15, -0.1) is 0 Å². The molecule has 1 saturated carbocycles. The zero-order valence-electron chi connectivity index (χ0n) is 13.8. The third-order valence-corrected chi connectivity index (χ3v) is 5.09. The van der Waals surface area contributed by atoms with Crippen molar-refractivity contribution in [2.75, 3.05) is 12.4 Å². The van der Waals surface area contributed by atoms with E-state index >= 15 is 0 Å². The molecule has 3 rings (SSSR count). The molecule has 24 heavy (non-hydrogen) atoms. The number of aromatic nitrogens is 2. The summed E-state index contributed by atoms with van der Waals surface area (Å²) in [6.45, 7) is 0. The number of ether oxygens (including phenoxy) is 1. The van der Waals surface area contributed by atoms with Crippen molar-refractivity contribution in [3.63, 3.8) is 0 Å². The standard InChI is InChI=1S/C18H22BrN3O2/c1-24-16-8-6-13(12-15(16)19)7-9-18(23)21-17-10-11-20-22(17)14-4-2-3-5-14/h6,8,10-12,14H,2-5,7,9H2,1H3,(H,21,23). The second kappa shape index (κ2) is 7.83. The van der Waals surface area contributed by atoms with Crippen molar-refractivity contribution in [2.45, 2.75) is 44.6 Å². The monoisotopic (exact) mass is 391 g/mol. The molecule has 0 saturated heterocycles. The number of hydrogen-bond acceptors (Lipinski definition) is 3. The average molecular weight is 392 g/mol. The summed E-state index contributed by atoms with van der Waals surface area (Å²) in [5.74, 6) is 1.62. The quantitative estimate of drug-likeness (QED) is 0.796. The van der Waals surface area contributed by atoms with Crippen molar-refractivity contribution in [1.29, 1.82) is 0 Å². The third kappa shape index (κ3) is 3.98. The number of hydrogen-bond donors (Lipinski definition) is 1. The van der Waals surface area contributed by atoms with Crippen molar-refractivity contribution < 1.29 is 9.53 Å². The number of benzene rings is 1. The molecule has 0 spiro atoms. The van der Waals surface area contributed by atoms with Gasteiger partial charge in [0.15, 0.2) is 0 Å². The average Bonchev–Trinajstić information content (AvgIpc) is 3.24. The maximum absolute atomic E-state index is 12.3. The molecule has 1 aliphatic carbocycles. The maximum Gasteiger partial charge on any atom is 0.225 e. The summed E-state index contributed by atoms with van der Waals surface area (Å²) in [5.41, 5.74) is 1.10. The Morgan fingerprint density at radius 1 is 1.38 bits per heavy atom. The lowest BCUT2D eigenvalue weighted by Gasteiger charge is -2.14. The number of aryl methyl sites for hydroxylation is 1. The minimum absolute atomic E-state index is 0.0155. The SMILES string of the molecule is COc1ccc(CCC(=O)Nc2ccnn2C2CCCC2)cc1Br. The molecular formula is C18H22BrN3O2. The zero-order valence-corrected chi connectivity index (χ0v) is 15.4. The summed E-state index contributed by atoms with van der Waals surface area (Å²) < 4.78 is 8.09. The molecule has 2 aromatic rings. The molecule has 0 bridgehead atoms. The Kier molecular flexibility index (Phi) is 5.56. The van der Waals surface area contributed by atoms with Gasteiger partial charge in [-0.1, -0.05) is 18.9 Å². The third-order valence-electron chi connectivity index (χ3n) is 4.47. The smallest absolute Gasteiger partial charge is 0.225 e. The van der Waals surface area contributed by atoms with E-state index in [0.717, 1.165) is 34.4 Å². The van der Waals surface area contributed by atoms with Gasteiger partial charge in [0.05, 0.1) is 23.8 Å². The van der Waals surface area contributed by atoms with E-state index in [1.165, 1.54) is 12.8 Å². The number of nitrogens with zero attached hydrogens (tertiary/aromatic N) is 2. The summed E-state index contributed by atoms with van der Waals surface area (Å²) in [4.78, 5) is 12.3. The van der Waals surface area contributed by atoms with Gasteiger partial charge in [-0.3, -0.25) is 4.79 Å². The van der Waals surface area contributed by atoms with Crippen LogP contribution in [-0.4, -0.2) is 22.8 Å². The number of anilines is 1. The fraction of sp³-hybridized carbons (Fsp3) is 0.444. The highest BCUT2D eigenvalue weighted by Crippen LogP contribution is 2.31. The molecule has 1 fully saturated rings. The Balaban J connectivity index is 1.56. The number of nitrogens with one attached hydrogen (secondary N) is 1. The number of carbonyl (C=O) groups excluding carboxylic acids is 1. The van der Waals surface area contributed by atoms with Crippen molar-refractivity contribution >= 4 is 27.7 Å². The van der Waals surface area contributed by atoms with Gasteiger partial charge in [0, 0.05) is 12.5 Å². The Bertz CT molecular complexity index is 708. The van der Waals surface area contributed by atoms with Crippen LogP contribution in [0.3, 0.4) is 0 Å². The highest BCUT2D eigenvalue weighted by atomic mass is 79.9. The largest absolute Gasteiger partial charge is 0.496 e. The predicted octanol–water partition coefficient (Wildman–Crippen LogP) is 4.34. The number of rotatable bonds is 6. The second-order valence-corrected chi connectivity index (χ2v) is 6.97. The molecule has 128 valence electrons. The van der Waals surface area contributed by atoms with Gasteiger partial charge in [0.2, 0.25) is 5.91 Å². The van der Waals surface area contributed by atoms with Gasteiger partial charge in [0.1, 0.15) is 11.6 Å². The molecule has 1 aliphatic rings. The molecule has 0 aliphatic heterocycles. The van der Waals surface area contributed by atoms with Crippen LogP contribution in [0.4, 0.5) is 5.82 Å². The summed E-state index contributed by atoms with van der Waals surface area (Å²) >= 11 is 3.47. The number of methoxy groups -OCH3 is 1. The molecular weight excluding hydrogens is 370 g/mol. The lowest BCUT2D eigenvalue weighted by atomic mass is 10.1. The topological polar surface area (TPSA) is 56.1 Å². The van der Waals surface area contributed by atoms with Crippen LogP contribution in [0.25, 0.3) is 0 Å². The van der Waals surface area contributed by atoms with E-state index in [-0.39, 0.29) is 5.91 Å². The van der Waals surface area contributed by atoms with Crippen LogP contribution in [-0.2, 0) is 11.2 Å². The molecule has 1 heterocycles. The lowest BCUT2D eigenvalue weighted by Crippen LogP contribution is -2.18. The second-order valence-electron chi connectivity index (χ2n) is 6.12. The zero-order chi connectivity index (χ0) is 16.9. The molecule has 1 amide bonds. The minimum Gasteiger partial charge on any atom is -0.496 e. The first-order valence-corrected chi connectivity index (χ1v) is 9.12. The molecule has 0 radical (unpaired) electrons. The van der Waals surface area contributed by atoms with E-state index in [2.05, 4.69) is 26.3 Å². The van der Waals surface area contributed by atoms with Crippen LogP contribution >= 0.6 is 15.9 Å². The van der Waals surface area contributed by atoms with Gasteiger partial charge < -0.3 is 10.1 Å². The Morgan fingerprint density at radius 2 is 2.17 bits per heavy atom. The van der Waals surface area contributed by atoms with Crippen molar-refractivity contribution in [3.05, 3.63) is 40.5 Å². The summed E-state index contributed by atoms with van der Waals surface area (Å²) in [6, 6.07) is 8.19. The van der Waals surface area contributed by atoms with E-state index in [0.29, 0.717) is 18.9 Å². The van der Waals surface area contributed by atoms with Crippen LogP contribution in [0.5, 0.6) is 5.75 Å². The van der Waals surface area contributed by atoms with Crippen molar-refractivity contribution in [2.24, 2.45) is 0 Å². The first kappa shape index (κ1) is 17.0. The highest BCUT2D eigenvalue weighted by Gasteiger charge is 2.20. The molecule has 1 aromatic heterocycles. The molecule has 5 nitrogen and oxygen atoms in total. The first-order valence-electron chi connectivity index (χ1n) is 8.33. The van der Waals surface area contributed by atoms with E-state index in [9.17, 15) is 4.79 Å². The number of carbonyl (C=O) groups is 1. The predicted molar refractivity (Wildman–Crippen MR) is 97.4 cm³/mol. The molecule has 1 N–H and O–H groups in total. The van der Waals surface area contributed by atoms with Gasteiger partial charge >= 0.3 is 0 Å². The highest BCUT2D eigenvalue weighted by molar-refractivity contribution is 9.10. The molecule has 0 unspecified atom stereocenters. The fourth-order valence-electron chi connectivity index (χ4n) is 3.18. The summed E-state index contributed by atoms with van der Waals surface area (Å²) in [7, 11) is 1.64. The molecule has 6 heteroatoms. The first-order chi connectivity index (χ1) is 11.7. The maximum atomic E-state index is 12.3. The van der Waals surface area contributed by atoms with E-state index in [1.807, 2.05) is 28.9 Å². The summed E-state index contributed by atoms with van der Waals surface area (Å²) in [5, 5.41) is 7.38. The molecule has 0 atom stereocenters. The van der Waals surface area contributed by atoms with Crippen LogP contribution in [0.15, 0.2) is 34.9 Å². The van der Waals surface area contributed by atoms with Crippen LogP contribution in [0, 0.1) is 0 Å². The van der Waals surface area contributed by atoms with Gasteiger partial charge in [0.25, 0.3) is 0 Å². The van der Waals surface area contributed by atoms with Gasteiger partial charge in [-0.05, 0) is 52.9 Å². The van der Waals surface area contributed by atoms with E-state index in [1.54, 1.807) is 13.3 Å². The van der Waals surface area contributed by atoms with Crippen LogP contribution in [0.1, 0.15) is 43.7 Å². The van der Waals surface area contributed by atoms with Gasteiger partial charge in [-0.2, -0.15) is 5.10 Å². The summed E-state index contributed by atoms with van der Waals surface area (Å²) in [6.07, 6.45) is 7.65. The van der Waals surface area contributed by atoms with Crippen LogP contribution < -0.4 is 10.1 Å². The Morgan fingerprint density at radius 3 is 2.88 bits per heavy atom. The number of halogens is 1. The van der Waals surface area contributed by atoms with Crippen LogP contribution in [0.2, 0.25) is 0 Å². The van der Waals surface area contributed by atoms with Crippen molar-refractivity contribution in [3.8, 4) is 5.75 Å². The molecule has 1 aromatic carbocycles. The van der Waals surface area contributed by atoms with Gasteiger partial charge in [-0.25, -0.2) is 4.68 Å². The Labute approximate surface area is 150 Å². The van der Waals surface area contributed by atoms with E-state index in [4.69, 9.17) is 4.74 Å². The lowest BCUT2D eigenvalue weighted by molar-refractivity contribution is -0.116.